The quantitative estimate of drug-likeness (QED) is 0.161. The number of halogens is 1. The molecule has 0 radical (unpaired) electrons. The van der Waals surface area contributed by atoms with Crippen LogP contribution in [0.15, 0.2) is 121 Å². The van der Waals surface area contributed by atoms with Gasteiger partial charge in [0, 0.05) is 0 Å². The third-order valence-corrected chi connectivity index (χ3v) is 8.94. The minimum Gasteiger partial charge on any atom is -0.399 e. The first-order valence-electron chi connectivity index (χ1n) is 14.5. The zero-order valence-electron chi connectivity index (χ0n) is 24.3. The van der Waals surface area contributed by atoms with Crippen LogP contribution >= 0.6 is 0 Å². The predicted molar refractivity (Wildman–Crippen MR) is 173 cm³/mol. The molecule has 0 amide bonds. The van der Waals surface area contributed by atoms with Crippen LogP contribution in [0.5, 0.6) is 0 Å². The number of fused-ring (bicyclic) bond motifs is 2. The van der Waals surface area contributed by atoms with E-state index in [-0.39, 0.29) is 5.82 Å². The van der Waals surface area contributed by atoms with E-state index in [4.69, 9.17) is 9.31 Å². The van der Waals surface area contributed by atoms with Gasteiger partial charge < -0.3 is 9.31 Å². The summed E-state index contributed by atoms with van der Waals surface area (Å²) in [4.78, 5) is 0. The first kappa shape index (κ1) is 26.6. The van der Waals surface area contributed by atoms with E-state index in [1.807, 2.05) is 12.1 Å². The van der Waals surface area contributed by atoms with Crippen molar-refractivity contribution in [2.45, 2.75) is 38.9 Å². The van der Waals surface area contributed by atoms with Gasteiger partial charge in [-0.05, 0) is 106 Å². The Kier molecular flexibility index (Phi) is 6.30. The molecule has 206 valence electrons. The molecule has 42 heavy (non-hydrogen) atoms. The summed E-state index contributed by atoms with van der Waals surface area (Å²) in [5.41, 5.74) is 6.55. The Balaban J connectivity index is 1.53. The van der Waals surface area contributed by atoms with E-state index < -0.39 is 18.3 Å². The second-order valence-corrected chi connectivity index (χ2v) is 12.1. The van der Waals surface area contributed by atoms with Gasteiger partial charge in [0.1, 0.15) is 5.82 Å². The Bertz CT molecular complexity index is 1870. The molecular formula is C38H32BFO2. The van der Waals surface area contributed by atoms with Crippen molar-refractivity contribution in [2.24, 2.45) is 0 Å². The van der Waals surface area contributed by atoms with E-state index in [1.165, 1.54) is 44.8 Å². The fourth-order valence-corrected chi connectivity index (χ4v) is 6.08. The molecule has 0 unspecified atom stereocenters. The van der Waals surface area contributed by atoms with Crippen molar-refractivity contribution in [2.75, 3.05) is 0 Å². The summed E-state index contributed by atoms with van der Waals surface area (Å²) in [6.07, 6.45) is 0. The maximum Gasteiger partial charge on any atom is 0.494 e. The van der Waals surface area contributed by atoms with Crippen molar-refractivity contribution in [1.29, 1.82) is 0 Å². The van der Waals surface area contributed by atoms with Crippen LogP contribution in [-0.4, -0.2) is 18.3 Å². The van der Waals surface area contributed by atoms with Gasteiger partial charge in [-0.25, -0.2) is 4.39 Å². The summed E-state index contributed by atoms with van der Waals surface area (Å²) in [5.74, 6) is -0.255. The highest BCUT2D eigenvalue weighted by atomic mass is 19.1. The Morgan fingerprint density at radius 1 is 0.476 bits per heavy atom. The first-order valence-corrected chi connectivity index (χ1v) is 14.5. The lowest BCUT2D eigenvalue weighted by atomic mass is 9.75. The van der Waals surface area contributed by atoms with E-state index in [1.54, 1.807) is 0 Å². The lowest BCUT2D eigenvalue weighted by molar-refractivity contribution is 0.00578. The SMILES string of the molecule is CC1(C)OB(c2cc(-c3ccc(F)cc3)cc(-c3c4ccccc4c(-c4ccccc4)c4ccccc34)c2)OC1(C)C. The van der Waals surface area contributed by atoms with Crippen LogP contribution in [-0.2, 0) is 9.31 Å². The highest BCUT2D eigenvalue weighted by molar-refractivity contribution is 6.62. The molecule has 6 aromatic rings. The molecule has 1 saturated heterocycles. The normalized spacial score (nSPS) is 15.9. The van der Waals surface area contributed by atoms with Gasteiger partial charge in [-0.15, -0.1) is 0 Å². The van der Waals surface area contributed by atoms with Gasteiger partial charge >= 0.3 is 7.12 Å². The fraction of sp³-hybridized carbons (Fsp3) is 0.158. The Morgan fingerprint density at radius 3 is 1.45 bits per heavy atom. The molecule has 1 fully saturated rings. The van der Waals surface area contributed by atoms with E-state index in [2.05, 4.69) is 125 Å². The van der Waals surface area contributed by atoms with Gasteiger partial charge in [-0.1, -0.05) is 103 Å². The summed E-state index contributed by atoms with van der Waals surface area (Å²) in [6.45, 7) is 8.28. The lowest BCUT2D eigenvalue weighted by Crippen LogP contribution is -2.41. The van der Waals surface area contributed by atoms with Crippen molar-refractivity contribution in [1.82, 2.24) is 0 Å². The third kappa shape index (κ3) is 4.43. The maximum atomic E-state index is 13.9. The average molecular weight is 550 g/mol. The van der Waals surface area contributed by atoms with Gasteiger partial charge in [0.15, 0.2) is 0 Å². The number of benzene rings is 6. The zero-order valence-corrected chi connectivity index (χ0v) is 24.3. The summed E-state index contributed by atoms with van der Waals surface area (Å²) >= 11 is 0. The summed E-state index contributed by atoms with van der Waals surface area (Å²) in [6, 6.07) is 41.1. The van der Waals surface area contributed by atoms with Crippen molar-refractivity contribution in [3.05, 3.63) is 127 Å². The van der Waals surface area contributed by atoms with Crippen molar-refractivity contribution >= 4 is 34.1 Å². The number of hydrogen-bond donors (Lipinski definition) is 0. The molecule has 7 rings (SSSR count). The largest absolute Gasteiger partial charge is 0.494 e. The molecule has 6 aromatic carbocycles. The van der Waals surface area contributed by atoms with Crippen molar-refractivity contribution in [3.63, 3.8) is 0 Å². The molecule has 0 N–H and O–H groups in total. The predicted octanol–water partition coefficient (Wildman–Crippen LogP) is 9.43. The standard InChI is InChI=1S/C38H32BFO2/c1-37(2)38(3,4)42-39(41-37)29-23-27(25-18-20-30(40)21-19-25)22-28(24-29)36-33-16-10-8-14-31(33)35(26-12-6-5-7-13-26)32-15-9-11-17-34(32)36/h5-24H,1-4H3. The molecule has 1 aliphatic heterocycles. The molecular weight excluding hydrogens is 518 g/mol. The minimum absolute atomic E-state index is 0.255. The fourth-order valence-electron chi connectivity index (χ4n) is 6.08. The topological polar surface area (TPSA) is 18.5 Å². The highest BCUT2D eigenvalue weighted by Gasteiger charge is 2.51. The summed E-state index contributed by atoms with van der Waals surface area (Å²) < 4.78 is 27.0. The Hall–Kier alpha value is -4.25. The molecule has 0 aliphatic carbocycles. The number of hydrogen-bond acceptors (Lipinski definition) is 2. The monoisotopic (exact) mass is 550 g/mol. The van der Waals surface area contributed by atoms with Crippen LogP contribution in [0.25, 0.3) is 54.9 Å². The molecule has 0 bridgehead atoms. The van der Waals surface area contributed by atoms with Gasteiger partial charge in [0.05, 0.1) is 11.2 Å². The minimum atomic E-state index is -0.532. The van der Waals surface area contributed by atoms with Crippen molar-refractivity contribution in [3.8, 4) is 33.4 Å². The summed E-state index contributed by atoms with van der Waals surface area (Å²) in [5, 5.41) is 4.74. The summed E-state index contributed by atoms with van der Waals surface area (Å²) in [7, 11) is -0.532. The molecule has 0 saturated carbocycles. The average Bonchev–Trinajstić information content (AvgIpc) is 3.22. The number of rotatable bonds is 4. The van der Waals surface area contributed by atoms with Gasteiger partial charge in [0.2, 0.25) is 0 Å². The van der Waals surface area contributed by atoms with Gasteiger partial charge in [0.25, 0.3) is 0 Å². The first-order chi connectivity index (χ1) is 20.2. The highest BCUT2D eigenvalue weighted by Crippen LogP contribution is 2.44. The molecule has 0 atom stereocenters. The van der Waals surface area contributed by atoms with Crippen LogP contribution in [0.1, 0.15) is 27.7 Å². The molecule has 1 heterocycles. The van der Waals surface area contributed by atoms with Crippen LogP contribution < -0.4 is 5.46 Å². The van der Waals surface area contributed by atoms with Crippen LogP contribution in [0.4, 0.5) is 4.39 Å². The van der Waals surface area contributed by atoms with Gasteiger partial charge in [-0.3, -0.25) is 0 Å². The van der Waals surface area contributed by atoms with Gasteiger partial charge in [-0.2, -0.15) is 0 Å². The Morgan fingerprint density at radius 2 is 0.929 bits per heavy atom. The van der Waals surface area contributed by atoms with E-state index in [9.17, 15) is 4.39 Å². The molecule has 0 spiro atoms. The van der Waals surface area contributed by atoms with Crippen LogP contribution in [0.2, 0.25) is 0 Å². The second-order valence-electron chi connectivity index (χ2n) is 12.1. The van der Waals surface area contributed by atoms with Crippen molar-refractivity contribution < 1.29 is 13.7 Å². The zero-order chi connectivity index (χ0) is 29.1. The van der Waals surface area contributed by atoms with E-state index in [0.717, 1.165) is 27.7 Å². The lowest BCUT2D eigenvalue weighted by Gasteiger charge is -2.32. The van der Waals surface area contributed by atoms with E-state index in [0.29, 0.717) is 0 Å². The van der Waals surface area contributed by atoms with Crippen LogP contribution in [0, 0.1) is 5.82 Å². The molecule has 4 heteroatoms. The molecule has 2 nitrogen and oxygen atoms in total. The van der Waals surface area contributed by atoms with Crippen LogP contribution in [0.3, 0.4) is 0 Å². The second kappa shape index (κ2) is 9.94. The molecule has 1 aliphatic rings. The Labute approximate surface area is 246 Å². The molecule has 0 aromatic heterocycles. The third-order valence-electron chi connectivity index (χ3n) is 8.94. The smallest absolute Gasteiger partial charge is 0.399 e. The maximum absolute atomic E-state index is 13.9. The van der Waals surface area contributed by atoms with E-state index >= 15 is 0 Å².